The number of methoxy groups -OCH3 is 1. The second-order valence-corrected chi connectivity index (χ2v) is 6.09. The molecular formula is C20H31IN4O2. The molecule has 0 aliphatic carbocycles. The molecule has 1 heterocycles. The molecule has 0 amide bonds. The second-order valence-electron chi connectivity index (χ2n) is 6.09. The Labute approximate surface area is 179 Å². The van der Waals surface area contributed by atoms with E-state index in [1.54, 1.807) is 7.11 Å². The molecule has 0 bridgehead atoms. The summed E-state index contributed by atoms with van der Waals surface area (Å²) in [4.78, 5) is 4.63. The van der Waals surface area contributed by atoms with Crippen molar-refractivity contribution < 1.29 is 9.26 Å². The van der Waals surface area contributed by atoms with Gasteiger partial charge in [0.15, 0.2) is 11.7 Å². The van der Waals surface area contributed by atoms with Crippen molar-refractivity contribution in [3.63, 3.8) is 0 Å². The molecule has 0 atom stereocenters. The normalized spacial score (nSPS) is 11.2. The van der Waals surface area contributed by atoms with Gasteiger partial charge in [0, 0.05) is 24.1 Å². The van der Waals surface area contributed by atoms with Crippen LogP contribution in [0, 0.1) is 0 Å². The SMILES string of the molecule is CCNC(=NCc1ccccc1OC)NCc1cc(C(CC)CC)no1.I. The van der Waals surface area contributed by atoms with Gasteiger partial charge in [-0.25, -0.2) is 4.99 Å². The van der Waals surface area contributed by atoms with Gasteiger partial charge in [0.25, 0.3) is 0 Å². The first kappa shape index (κ1) is 23.3. The lowest BCUT2D eigenvalue weighted by atomic mass is 9.99. The van der Waals surface area contributed by atoms with E-state index in [0.717, 1.165) is 48.1 Å². The quantitative estimate of drug-likeness (QED) is 0.311. The minimum absolute atomic E-state index is 0. The molecule has 0 unspecified atom stereocenters. The van der Waals surface area contributed by atoms with E-state index < -0.39 is 0 Å². The Hall–Kier alpha value is -1.77. The van der Waals surface area contributed by atoms with E-state index in [1.807, 2.05) is 37.3 Å². The number of aromatic nitrogens is 1. The third kappa shape index (κ3) is 7.04. The Bertz CT molecular complexity index is 699. The topological polar surface area (TPSA) is 71.7 Å². The first-order chi connectivity index (χ1) is 12.7. The smallest absolute Gasteiger partial charge is 0.191 e. The van der Waals surface area contributed by atoms with Crippen molar-refractivity contribution in [3.8, 4) is 5.75 Å². The van der Waals surface area contributed by atoms with Gasteiger partial charge >= 0.3 is 0 Å². The fraction of sp³-hybridized carbons (Fsp3) is 0.500. The Morgan fingerprint density at radius 1 is 1.19 bits per heavy atom. The summed E-state index contributed by atoms with van der Waals surface area (Å²) in [7, 11) is 1.67. The fourth-order valence-corrected chi connectivity index (χ4v) is 2.82. The molecule has 2 rings (SSSR count). The minimum Gasteiger partial charge on any atom is -0.496 e. The molecule has 1 aromatic heterocycles. The van der Waals surface area contributed by atoms with Gasteiger partial charge in [-0.05, 0) is 25.8 Å². The number of halogens is 1. The van der Waals surface area contributed by atoms with Gasteiger partial charge in [0.05, 0.1) is 25.9 Å². The first-order valence-corrected chi connectivity index (χ1v) is 9.31. The molecule has 0 aliphatic rings. The summed E-state index contributed by atoms with van der Waals surface area (Å²) in [5.41, 5.74) is 2.07. The Morgan fingerprint density at radius 2 is 1.93 bits per heavy atom. The molecule has 0 saturated carbocycles. The van der Waals surface area contributed by atoms with E-state index in [4.69, 9.17) is 9.26 Å². The second kappa shape index (κ2) is 12.6. The van der Waals surface area contributed by atoms with Crippen molar-refractivity contribution >= 4 is 29.9 Å². The Morgan fingerprint density at radius 3 is 2.59 bits per heavy atom. The van der Waals surface area contributed by atoms with Crippen LogP contribution in [0.4, 0.5) is 0 Å². The molecule has 0 radical (unpaired) electrons. The number of benzene rings is 1. The fourth-order valence-electron chi connectivity index (χ4n) is 2.82. The predicted molar refractivity (Wildman–Crippen MR) is 120 cm³/mol. The van der Waals surface area contributed by atoms with Crippen molar-refractivity contribution in [2.75, 3.05) is 13.7 Å². The van der Waals surface area contributed by atoms with Crippen LogP contribution < -0.4 is 15.4 Å². The van der Waals surface area contributed by atoms with Gasteiger partial charge in [0.1, 0.15) is 5.75 Å². The number of rotatable bonds is 9. The zero-order chi connectivity index (χ0) is 18.8. The van der Waals surface area contributed by atoms with Crippen LogP contribution in [0.15, 0.2) is 39.8 Å². The van der Waals surface area contributed by atoms with Gasteiger partial charge in [-0.2, -0.15) is 0 Å². The minimum atomic E-state index is 0. The number of hydrogen-bond acceptors (Lipinski definition) is 4. The predicted octanol–water partition coefficient (Wildman–Crippen LogP) is 4.46. The van der Waals surface area contributed by atoms with Gasteiger partial charge in [-0.1, -0.05) is 37.2 Å². The van der Waals surface area contributed by atoms with Gasteiger partial charge in [-0.3, -0.25) is 0 Å². The highest BCUT2D eigenvalue weighted by Gasteiger charge is 2.13. The molecule has 6 nitrogen and oxygen atoms in total. The van der Waals surface area contributed by atoms with E-state index >= 15 is 0 Å². The summed E-state index contributed by atoms with van der Waals surface area (Å²) >= 11 is 0. The number of aliphatic imine (C=N–C) groups is 1. The van der Waals surface area contributed by atoms with Crippen LogP contribution in [-0.2, 0) is 13.1 Å². The zero-order valence-corrected chi connectivity index (χ0v) is 18.9. The van der Waals surface area contributed by atoms with Crippen molar-refractivity contribution in [2.24, 2.45) is 4.99 Å². The van der Waals surface area contributed by atoms with Crippen LogP contribution in [0.2, 0.25) is 0 Å². The lowest BCUT2D eigenvalue weighted by molar-refractivity contribution is 0.368. The summed E-state index contributed by atoms with van der Waals surface area (Å²) < 4.78 is 10.8. The van der Waals surface area contributed by atoms with Crippen LogP contribution in [0.1, 0.15) is 56.5 Å². The molecule has 0 spiro atoms. The molecule has 0 fully saturated rings. The zero-order valence-electron chi connectivity index (χ0n) is 16.6. The van der Waals surface area contributed by atoms with Crippen LogP contribution in [0.25, 0.3) is 0 Å². The van der Waals surface area contributed by atoms with E-state index in [-0.39, 0.29) is 24.0 Å². The molecule has 0 aliphatic heterocycles. The number of para-hydroxylation sites is 1. The first-order valence-electron chi connectivity index (χ1n) is 9.31. The summed E-state index contributed by atoms with van der Waals surface area (Å²) in [6, 6.07) is 9.94. The summed E-state index contributed by atoms with van der Waals surface area (Å²) in [5, 5.41) is 10.8. The Balaban J connectivity index is 0.00000364. The Kier molecular flexibility index (Phi) is 10.8. The van der Waals surface area contributed by atoms with Crippen molar-refractivity contribution in [2.45, 2.75) is 52.6 Å². The summed E-state index contributed by atoms with van der Waals surface area (Å²) in [5.74, 6) is 2.85. The van der Waals surface area contributed by atoms with E-state index in [9.17, 15) is 0 Å². The monoisotopic (exact) mass is 486 g/mol. The molecule has 2 aromatic rings. The maximum Gasteiger partial charge on any atom is 0.191 e. The highest BCUT2D eigenvalue weighted by Crippen LogP contribution is 2.22. The third-order valence-electron chi connectivity index (χ3n) is 4.36. The summed E-state index contributed by atoms with van der Waals surface area (Å²) in [6.07, 6.45) is 2.14. The number of guanidine groups is 1. The van der Waals surface area contributed by atoms with E-state index in [1.165, 1.54) is 0 Å². The van der Waals surface area contributed by atoms with Gasteiger partial charge in [0.2, 0.25) is 0 Å². The van der Waals surface area contributed by atoms with Crippen LogP contribution in [0.3, 0.4) is 0 Å². The molecule has 1 aromatic carbocycles. The lowest BCUT2D eigenvalue weighted by Crippen LogP contribution is -2.36. The third-order valence-corrected chi connectivity index (χ3v) is 4.36. The number of nitrogens with zero attached hydrogens (tertiary/aromatic N) is 2. The molecule has 7 heteroatoms. The molecule has 2 N–H and O–H groups in total. The van der Waals surface area contributed by atoms with Crippen LogP contribution >= 0.6 is 24.0 Å². The molecule has 150 valence electrons. The number of ether oxygens (including phenoxy) is 1. The van der Waals surface area contributed by atoms with Gasteiger partial charge < -0.3 is 19.9 Å². The standard InChI is InChI=1S/C20H30N4O2.HI/c1-5-15(6-2)18-12-17(26-24-18)14-23-20(21-7-3)22-13-16-10-8-9-11-19(16)25-4;/h8-12,15H,5-7,13-14H2,1-4H3,(H2,21,22,23);1H. The van der Waals surface area contributed by atoms with Crippen LogP contribution in [-0.4, -0.2) is 24.8 Å². The van der Waals surface area contributed by atoms with E-state index in [2.05, 4.69) is 34.6 Å². The highest BCUT2D eigenvalue weighted by atomic mass is 127. The maximum absolute atomic E-state index is 5.46. The average Bonchev–Trinajstić information content (AvgIpc) is 3.14. The van der Waals surface area contributed by atoms with Crippen molar-refractivity contribution in [1.82, 2.24) is 15.8 Å². The van der Waals surface area contributed by atoms with Crippen molar-refractivity contribution in [3.05, 3.63) is 47.3 Å². The average molecular weight is 486 g/mol. The molecule has 0 saturated heterocycles. The molecular weight excluding hydrogens is 455 g/mol. The van der Waals surface area contributed by atoms with Crippen molar-refractivity contribution in [1.29, 1.82) is 0 Å². The lowest BCUT2D eigenvalue weighted by Gasteiger charge is -2.11. The van der Waals surface area contributed by atoms with E-state index in [0.29, 0.717) is 19.0 Å². The van der Waals surface area contributed by atoms with Gasteiger partial charge in [-0.15, -0.1) is 24.0 Å². The highest BCUT2D eigenvalue weighted by molar-refractivity contribution is 14.0. The molecule has 27 heavy (non-hydrogen) atoms. The van der Waals surface area contributed by atoms with Crippen LogP contribution in [0.5, 0.6) is 5.75 Å². The maximum atomic E-state index is 5.46. The summed E-state index contributed by atoms with van der Waals surface area (Å²) in [6.45, 7) is 8.26. The number of hydrogen-bond donors (Lipinski definition) is 2. The largest absolute Gasteiger partial charge is 0.496 e. The number of nitrogens with one attached hydrogen (secondary N) is 2.